The van der Waals surface area contributed by atoms with Gasteiger partial charge < -0.3 is 9.84 Å². The molecule has 0 aromatic heterocycles. The standard InChI is InChI=1S/C5H4N2O.C5H10O2/c6-3-5(8)1-2-7-4-5;1-5(2,3)7-4-6/h1-2,4,8H;4H,1-3H3. The molecule has 0 saturated heterocycles. The van der Waals surface area contributed by atoms with Crippen molar-refractivity contribution in [2.24, 2.45) is 4.99 Å². The number of carbonyl (C=O) groups excluding carboxylic acids is 1. The second-order valence-electron chi connectivity index (χ2n) is 3.86. The van der Waals surface area contributed by atoms with Crippen LogP contribution >= 0.6 is 0 Å². The molecule has 1 N–H and O–H groups in total. The van der Waals surface area contributed by atoms with E-state index in [1.165, 1.54) is 18.5 Å². The average molecular weight is 210 g/mol. The summed E-state index contributed by atoms with van der Waals surface area (Å²) in [6, 6.07) is 1.66. The van der Waals surface area contributed by atoms with Crippen LogP contribution in [0.15, 0.2) is 17.3 Å². The molecule has 1 rings (SSSR count). The predicted octanol–water partition coefficient (Wildman–Crippen LogP) is 0.797. The SMILES string of the molecule is CC(C)(C)OC=O.N#CC1(O)C=CN=C1. The van der Waals surface area contributed by atoms with Crippen molar-refractivity contribution in [1.82, 2.24) is 0 Å². The van der Waals surface area contributed by atoms with Crippen LogP contribution in [0.1, 0.15) is 20.8 Å². The van der Waals surface area contributed by atoms with Crippen molar-refractivity contribution >= 4 is 12.7 Å². The van der Waals surface area contributed by atoms with E-state index in [0.29, 0.717) is 6.47 Å². The minimum absolute atomic E-state index is 0.318. The minimum atomic E-state index is -1.43. The Labute approximate surface area is 88.7 Å². The molecule has 82 valence electrons. The zero-order valence-electron chi connectivity index (χ0n) is 8.97. The summed E-state index contributed by atoms with van der Waals surface area (Å²) < 4.78 is 4.55. The van der Waals surface area contributed by atoms with Crippen LogP contribution < -0.4 is 0 Å². The number of nitriles is 1. The normalized spacial score (nSPS) is 22.6. The lowest BCUT2D eigenvalue weighted by Crippen LogP contribution is -2.22. The van der Waals surface area contributed by atoms with Crippen LogP contribution in [0.25, 0.3) is 0 Å². The van der Waals surface area contributed by atoms with Crippen molar-refractivity contribution in [3.63, 3.8) is 0 Å². The lowest BCUT2D eigenvalue weighted by atomic mass is 10.1. The lowest BCUT2D eigenvalue weighted by molar-refractivity contribution is -0.138. The first-order valence-electron chi connectivity index (χ1n) is 4.30. The van der Waals surface area contributed by atoms with E-state index in [1.54, 1.807) is 6.07 Å². The average Bonchev–Trinajstić information content (AvgIpc) is 2.52. The Bertz CT molecular complexity index is 296. The summed E-state index contributed by atoms with van der Waals surface area (Å²) in [5.74, 6) is 0. The second kappa shape index (κ2) is 5.27. The molecule has 0 saturated carbocycles. The molecule has 1 atom stereocenters. The third kappa shape index (κ3) is 6.41. The van der Waals surface area contributed by atoms with E-state index in [0.717, 1.165) is 0 Å². The van der Waals surface area contributed by atoms with Crippen molar-refractivity contribution in [1.29, 1.82) is 5.26 Å². The van der Waals surface area contributed by atoms with Gasteiger partial charge in [-0.25, -0.2) is 0 Å². The zero-order chi connectivity index (χ0) is 11.9. The van der Waals surface area contributed by atoms with Crippen LogP contribution in [0.5, 0.6) is 0 Å². The number of aliphatic hydroxyl groups is 1. The highest BCUT2D eigenvalue weighted by atomic mass is 16.5. The van der Waals surface area contributed by atoms with Gasteiger partial charge >= 0.3 is 0 Å². The van der Waals surface area contributed by atoms with Gasteiger partial charge in [0.25, 0.3) is 6.47 Å². The molecule has 0 fully saturated rings. The fourth-order valence-electron chi connectivity index (χ4n) is 0.567. The van der Waals surface area contributed by atoms with Crippen LogP contribution in [0, 0.1) is 11.3 Å². The topological polar surface area (TPSA) is 82.7 Å². The fourth-order valence-corrected chi connectivity index (χ4v) is 0.567. The van der Waals surface area contributed by atoms with Crippen LogP contribution in [-0.2, 0) is 9.53 Å². The molecule has 0 spiro atoms. The molecule has 0 aromatic rings. The molecule has 15 heavy (non-hydrogen) atoms. The number of aliphatic imine (C=N–C) groups is 1. The highest BCUT2D eigenvalue weighted by Crippen LogP contribution is 2.06. The van der Waals surface area contributed by atoms with Gasteiger partial charge in [-0.15, -0.1) is 0 Å². The molecule has 0 amide bonds. The first-order valence-corrected chi connectivity index (χ1v) is 4.30. The van der Waals surface area contributed by atoms with Crippen molar-refractivity contribution in [2.75, 3.05) is 0 Å². The maximum Gasteiger partial charge on any atom is 0.293 e. The van der Waals surface area contributed by atoms with E-state index in [4.69, 9.17) is 10.4 Å². The Hall–Kier alpha value is -1.67. The third-order valence-electron chi connectivity index (χ3n) is 1.27. The quantitative estimate of drug-likeness (QED) is 0.512. The maximum atomic E-state index is 9.60. The molecule has 1 aliphatic heterocycles. The number of hydrogen-bond acceptors (Lipinski definition) is 5. The van der Waals surface area contributed by atoms with E-state index < -0.39 is 5.60 Å². The highest BCUT2D eigenvalue weighted by Gasteiger charge is 2.21. The molecule has 1 heterocycles. The van der Waals surface area contributed by atoms with Crippen LogP contribution in [0.2, 0.25) is 0 Å². The van der Waals surface area contributed by atoms with Gasteiger partial charge in [0.1, 0.15) is 11.7 Å². The van der Waals surface area contributed by atoms with Gasteiger partial charge in [-0.3, -0.25) is 9.79 Å². The first kappa shape index (κ1) is 13.3. The fraction of sp³-hybridized carbons (Fsp3) is 0.500. The molecule has 1 aliphatic rings. The van der Waals surface area contributed by atoms with Crippen LogP contribution in [0.3, 0.4) is 0 Å². The Morgan fingerprint density at radius 2 is 2.20 bits per heavy atom. The largest absolute Gasteiger partial charge is 0.462 e. The summed E-state index contributed by atoms with van der Waals surface area (Å²) in [6.45, 7) is 5.92. The highest BCUT2D eigenvalue weighted by molar-refractivity contribution is 5.78. The summed E-state index contributed by atoms with van der Waals surface area (Å²) in [5.41, 5.74) is -1.75. The zero-order valence-corrected chi connectivity index (χ0v) is 8.97. The molecule has 0 aliphatic carbocycles. The van der Waals surface area contributed by atoms with Crippen molar-refractivity contribution in [2.45, 2.75) is 32.0 Å². The molecular weight excluding hydrogens is 196 g/mol. The van der Waals surface area contributed by atoms with Gasteiger partial charge in [-0.2, -0.15) is 5.26 Å². The first-order chi connectivity index (χ1) is 6.83. The Kier molecular flexibility index (Phi) is 4.68. The van der Waals surface area contributed by atoms with Gasteiger partial charge in [0.05, 0.1) is 6.21 Å². The molecule has 0 bridgehead atoms. The van der Waals surface area contributed by atoms with Crippen LogP contribution in [0.4, 0.5) is 0 Å². The number of nitrogens with zero attached hydrogens (tertiary/aromatic N) is 2. The number of rotatable bonds is 1. The van der Waals surface area contributed by atoms with Gasteiger partial charge in [-0.1, -0.05) is 0 Å². The second-order valence-corrected chi connectivity index (χ2v) is 3.86. The van der Waals surface area contributed by atoms with Crippen molar-refractivity contribution in [3.05, 3.63) is 12.3 Å². The number of ether oxygens (including phenoxy) is 1. The molecule has 1 unspecified atom stereocenters. The smallest absolute Gasteiger partial charge is 0.293 e. The molecule has 0 aromatic carbocycles. The van der Waals surface area contributed by atoms with Gasteiger partial charge in [-0.05, 0) is 26.8 Å². The van der Waals surface area contributed by atoms with E-state index in [-0.39, 0.29) is 5.60 Å². The summed E-state index contributed by atoms with van der Waals surface area (Å²) >= 11 is 0. The molecular formula is C10H14N2O3. The number of hydrogen-bond donors (Lipinski definition) is 1. The Morgan fingerprint density at radius 1 is 1.60 bits per heavy atom. The summed E-state index contributed by atoms with van der Waals surface area (Å²) in [7, 11) is 0. The maximum absolute atomic E-state index is 9.60. The van der Waals surface area contributed by atoms with Crippen LogP contribution in [-0.4, -0.2) is 29.0 Å². The van der Waals surface area contributed by atoms with E-state index in [9.17, 15) is 4.79 Å². The predicted molar refractivity (Wildman–Crippen MR) is 55.1 cm³/mol. The molecule has 5 heteroatoms. The van der Waals surface area contributed by atoms with Crippen molar-refractivity contribution < 1.29 is 14.6 Å². The van der Waals surface area contributed by atoms with E-state index >= 15 is 0 Å². The summed E-state index contributed by atoms with van der Waals surface area (Å²) in [5, 5.41) is 17.1. The third-order valence-corrected chi connectivity index (χ3v) is 1.27. The van der Waals surface area contributed by atoms with Crippen molar-refractivity contribution in [3.8, 4) is 6.07 Å². The minimum Gasteiger partial charge on any atom is -0.462 e. The molecule has 0 radical (unpaired) electrons. The van der Waals surface area contributed by atoms with Gasteiger partial charge in [0.2, 0.25) is 5.60 Å². The van der Waals surface area contributed by atoms with Gasteiger partial charge in [0.15, 0.2) is 0 Å². The Morgan fingerprint density at radius 3 is 2.33 bits per heavy atom. The summed E-state index contributed by atoms with van der Waals surface area (Å²) in [6.07, 6.45) is 3.91. The monoisotopic (exact) mass is 210 g/mol. The van der Waals surface area contributed by atoms with E-state index in [2.05, 4.69) is 9.73 Å². The lowest BCUT2D eigenvalue weighted by Gasteiger charge is -2.14. The van der Waals surface area contributed by atoms with E-state index in [1.807, 2.05) is 20.8 Å². The number of carbonyl (C=O) groups is 1. The summed E-state index contributed by atoms with van der Waals surface area (Å²) in [4.78, 5) is 13.1. The Balaban J connectivity index is 0.000000265. The van der Waals surface area contributed by atoms with Gasteiger partial charge in [0, 0.05) is 6.20 Å². The molecule has 5 nitrogen and oxygen atoms in total.